The summed E-state index contributed by atoms with van der Waals surface area (Å²) in [4.78, 5) is 4.96. The number of nitrogens with zero attached hydrogens (tertiary/aromatic N) is 2. The molecule has 10 rings (SSSR count). The van der Waals surface area contributed by atoms with Crippen LogP contribution < -0.4 is 25.1 Å². The summed E-state index contributed by atoms with van der Waals surface area (Å²) in [6.45, 7) is 0. The molecule has 3 nitrogen and oxygen atoms in total. The molecule has 0 unspecified atom stereocenters. The zero-order valence-electron chi connectivity index (χ0n) is 22.5. The fraction of sp³-hybridized carbons (Fsp3) is 0. The van der Waals surface area contributed by atoms with E-state index in [1.54, 1.807) is 0 Å². The van der Waals surface area contributed by atoms with Crippen molar-refractivity contribution < 1.29 is 4.74 Å². The number of fused-ring (bicyclic) bond motifs is 2. The average molecular weight is 645 g/mol. The summed E-state index contributed by atoms with van der Waals surface area (Å²) in [6, 6.07) is 51.0. The zero-order valence-corrected chi connectivity index (χ0v) is 25.1. The summed E-state index contributed by atoms with van der Waals surface area (Å²) < 4.78 is 11.1. The van der Waals surface area contributed by atoms with Gasteiger partial charge in [0, 0.05) is 0 Å². The van der Waals surface area contributed by atoms with Crippen LogP contribution in [0.1, 0.15) is 0 Å². The second kappa shape index (κ2) is 8.41. The Balaban J connectivity index is 1.29. The first kappa shape index (κ1) is 22.9. The molecule has 3 aliphatic heterocycles. The zero-order chi connectivity index (χ0) is 27.4. The van der Waals surface area contributed by atoms with Gasteiger partial charge in [-0.25, -0.2) is 0 Å². The first-order valence-corrected chi connectivity index (χ1v) is 18.1. The topological polar surface area (TPSA) is 15.7 Å². The minimum atomic E-state index is -2.48. The number of benzene rings is 7. The molecule has 0 bridgehead atoms. The van der Waals surface area contributed by atoms with Crippen LogP contribution in [0.3, 0.4) is 0 Å². The molecule has 42 heavy (non-hydrogen) atoms. The molecule has 7 aromatic rings. The van der Waals surface area contributed by atoms with Gasteiger partial charge in [0.05, 0.1) is 0 Å². The van der Waals surface area contributed by atoms with Gasteiger partial charge in [0.25, 0.3) is 0 Å². The van der Waals surface area contributed by atoms with Gasteiger partial charge in [0.1, 0.15) is 0 Å². The molecule has 0 N–H and O–H groups in total. The Morgan fingerprint density at radius 3 is 1.31 bits per heavy atom. The molecule has 0 saturated carbocycles. The Morgan fingerprint density at radius 1 is 0.381 bits per heavy atom. The molecule has 0 aromatic heterocycles. The van der Waals surface area contributed by atoms with Crippen LogP contribution >= 0.6 is 0 Å². The van der Waals surface area contributed by atoms with Gasteiger partial charge in [0.15, 0.2) is 0 Å². The van der Waals surface area contributed by atoms with Crippen molar-refractivity contribution in [2.24, 2.45) is 0 Å². The molecule has 3 heterocycles. The molecule has 7 aromatic carbocycles. The average Bonchev–Trinajstić information content (AvgIpc) is 3.04. The summed E-state index contributed by atoms with van der Waals surface area (Å²) in [5.74, 6) is 2.04. The van der Waals surface area contributed by atoms with Gasteiger partial charge in [-0.1, -0.05) is 0 Å². The van der Waals surface area contributed by atoms with Crippen LogP contribution in [0, 0.1) is 0 Å². The predicted octanol–water partition coefficient (Wildman–Crippen LogP) is 8.18. The quantitative estimate of drug-likeness (QED) is 0.177. The molecule has 0 atom stereocenters. The third-order valence-corrected chi connectivity index (χ3v) is 16.5. The first-order chi connectivity index (χ1) is 20.8. The van der Waals surface area contributed by atoms with Gasteiger partial charge in [-0.15, -0.1) is 0 Å². The Hall–Kier alpha value is -4.72. The van der Waals surface area contributed by atoms with E-state index in [4.69, 9.17) is 4.74 Å². The van der Waals surface area contributed by atoms with Crippen molar-refractivity contribution >= 4 is 86.4 Å². The summed E-state index contributed by atoms with van der Waals surface area (Å²) in [6.07, 6.45) is 0. The van der Waals surface area contributed by atoms with Crippen molar-refractivity contribution in [2.45, 2.75) is 0 Å². The van der Waals surface area contributed by atoms with Gasteiger partial charge in [0.2, 0.25) is 0 Å². The molecule has 0 amide bonds. The Labute approximate surface area is 250 Å². The van der Waals surface area contributed by atoms with E-state index < -0.39 is 20.2 Å². The molecule has 0 saturated heterocycles. The van der Waals surface area contributed by atoms with Crippen LogP contribution in [0.2, 0.25) is 0 Å². The second-order valence-electron chi connectivity index (χ2n) is 11.1. The molecule has 0 fully saturated rings. The summed E-state index contributed by atoms with van der Waals surface area (Å²) in [7, 11) is 0. The summed E-state index contributed by atoms with van der Waals surface area (Å²) >= 11 is -2.48. The monoisotopic (exact) mass is 644 g/mol. The van der Waals surface area contributed by atoms with Gasteiger partial charge >= 0.3 is 252 Å². The van der Waals surface area contributed by atoms with Gasteiger partial charge in [-0.3, -0.25) is 0 Å². The van der Waals surface area contributed by atoms with Crippen LogP contribution in [-0.2, 0) is 0 Å². The molecular formula is C38H23N2OSb. The van der Waals surface area contributed by atoms with Crippen molar-refractivity contribution in [3.63, 3.8) is 0 Å². The minimum absolute atomic E-state index is 1.02. The number of rotatable bonds is 2. The van der Waals surface area contributed by atoms with E-state index in [9.17, 15) is 0 Å². The van der Waals surface area contributed by atoms with E-state index >= 15 is 0 Å². The maximum absolute atomic E-state index is 6.75. The summed E-state index contributed by atoms with van der Waals surface area (Å²) in [5.41, 5.74) is 7.47. The molecule has 3 aliphatic rings. The SMILES string of the molecule is c1cc2[c]3c(c1)N(c1ccc4ccccc4c1)c1cccc4[c]1[Sb]3[c]1c(cccc1N4c1ccc3ccccc3c1)O2. The molecule has 0 aliphatic carbocycles. The number of ether oxygens (including phenoxy) is 1. The van der Waals surface area contributed by atoms with E-state index in [2.05, 4.69) is 149 Å². The van der Waals surface area contributed by atoms with E-state index in [1.165, 1.54) is 66.2 Å². The van der Waals surface area contributed by atoms with Crippen LogP contribution in [0.4, 0.5) is 34.1 Å². The van der Waals surface area contributed by atoms with Crippen LogP contribution in [0.15, 0.2) is 140 Å². The standard InChI is InChI=1S/C38H23N2O.Sb/c1-3-10-29-22-35(20-18-27(29)8-1)39-31-12-5-13-32(24-31)40(36-21-19-28-9-2-4-11-30(28)23-36)34-15-7-17-38(26-34)41-37-16-6-14-33(39)25-37;/h1-23H;. The number of hydrogen-bond acceptors (Lipinski definition) is 3. The number of hydrogen-bond donors (Lipinski definition) is 0. The molecule has 0 radical (unpaired) electrons. The van der Waals surface area contributed by atoms with E-state index in [-0.39, 0.29) is 0 Å². The van der Waals surface area contributed by atoms with Gasteiger partial charge in [-0.2, -0.15) is 0 Å². The third kappa shape index (κ3) is 3.01. The van der Waals surface area contributed by atoms with E-state index in [1.807, 2.05) is 0 Å². The first-order valence-electron chi connectivity index (χ1n) is 14.3. The van der Waals surface area contributed by atoms with Gasteiger partial charge < -0.3 is 0 Å². The predicted molar refractivity (Wildman–Crippen MR) is 176 cm³/mol. The number of anilines is 6. The molecule has 0 spiro atoms. The van der Waals surface area contributed by atoms with Crippen molar-refractivity contribution in [2.75, 3.05) is 9.80 Å². The normalized spacial score (nSPS) is 14.2. The Morgan fingerprint density at radius 2 is 0.810 bits per heavy atom. The van der Waals surface area contributed by atoms with Crippen LogP contribution in [0.25, 0.3) is 21.5 Å². The third-order valence-electron chi connectivity index (χ3n) is 8.79. The Bertz CT molecular complexity index is 2120. The second-order valence-corrected chi connectivity index (χ2v) is 16.8. The molecule has 4 heteroatoms. The van der Waals surface area contributed by atoms with Crippen LogP contribution in [-0.4, -0.2) is 20.2 Å². The molecule has 196 valence electrons. The Kier molecular flexibility index (Phi) is 4.59. The van der Waals surface area contributed by atoms with Crippen molar-refractivity contribution in [3.8, 4) is 11.5 Å². The van der Waals surface area contributed by atoms with E-state index in [0.29, 0.717) is 0 Å². The van der Waals surface area contributed by atoms with Crippen molar-refractivity contribution in [1.29, 1.82) is 0 Å². The molecular weight excluding hydrogens is 622 g/mol. The van der Waals surface area contributed by atoms with E-state index in [0.717, 1.165) is 11.5 Å². The fourth-order valence-electron chi connectivity index (χ4n) is 7.01. The summed E-state index contributed by atoms with van der Waals surface area (Å²) in [5, 5.41) is 5.00. The fourth-order valence-corrected chi connectivity index (χ4v) is 15.5. The van der Waals surface area contributed by atoms with Crippen LogP contribution in [0.5, 0.6) is 11.5 Å². The van der Waals surface area contributed by atoms with Crippen molar-refractivity contribution in [3.05, 3.63) is 140 Å². The van der Waals surface area contributed by atoms with Gasteiger partial charge in [-0.05, 0) is 0 Å². The van der Waals surface area contributed by atoms with Crippen molar-refractivity contribution in [1.82, 2.24) is 0 Å². The maximum atomic E-state index is 6.75.